The number of carbonyl (C=O) groups excluding carboxylic acids is 1. The van der Waals surface area contributed by atoms with Crippen molar-refractivity contribution in [3.05, 3.63) is 51.8 Å². The molecule has 1 amide bonds. The second-order valence-corrected chi connectivity index (χ2v) is 7.02. The number of thiazole rings is 1. The number of ether oxygens (including phenoxy) is 3. The van der Waals surface area contributed by atoms with Crippen LogP contribution in [-0.2, 0) is 11.3 Å². The molecular weight excluding hydrogens is 388 g/mol. The number of hydrogen-bond donors (Lipinski definition) is 0. The van der Waals surface area contributed by atoms with Crippen LogP contribution in [0.1, 0.15) is 10.4 Å². The molecule has 2 aromatic carbocycles. The molecule has 0 spiro atoms. The zero-order chi connectivity index (χ0) is 19.4. The van der Waals surface area contributed by atoms with Gasteiger partial charge in [0, 0.05) is 19.2 Å². The molecule has 0 radical (unpaired) electrons. The van der Waals surface area contributed by atoms with E-state index in [0.29, 0.717) is 40.0 Å². The maximum atomic E-state index is 12.7. The Morgan fingerprint density at radius 1 is 1.15 bits per heavy atom. The second-order valence-electron chi connectivity index (χ2n) is 5.60. The molecule has 0 saturated carbocycles. The Kier molecular flexibility index (Phi) is 6.15. The first-order valence-corrected chi connectivity index (χ1v) is 9.36. The predicted octanol–water partition coefficient (Wildman–Crippen LogP) is 3.76. The molecule has 27 heavy (non-hydrogen) atoms. The predicted molar refractivity (Wildman–Crippen MR) is 106 cm³/mol. The van der Waals surface area contributed by atoms with Gasteiger partial charge in [-0.05, 0) is 30.3 Å². The quantitative estimate of drug-likeness (QED) is 0.625. The smallest absolute Gasteiger partial charge is 0.279 e. The van der Waals surface area contributed by atoms with Gasteiger partial charge in [0.25, 0.3) is 5.91 Å². The molecule has 1 heterocycles. The van der Waals surface area contributed by atoms with Crippen molar-refractivity contribution in [3.8, 4) is 11.5 Å². The number of rotatable bonds is 6. The Bertz CT molecular complexity index is 1040. The van der Waals surface area contributed by atoms with Crippen molar-refractivity contribution in [1.29, 1.82) is 0 Å². The number of benzene rings is 2. The van der Waals surface area contributed by atoms with Crippen LogP contribution < -0.4 is 14.3 Å². The van der Waals surface area contributed by atoms with Gasteiger partial charge in [0.15, 0.2) is 16.3 Å². The normalized spacial score (nSPS) is 11.8. The van der Waals surface area contributed by atoms with Gasteiger partial charge in [-0.3, -0.25) is 4.79 Å². The summed E-state index contributed by atoms with van der Waals surface area (Å²) in [7, 11) is 4.70. The lowest BCUT2D eigenvalue weighted by atomic mass is 10.2. The summed E-state index contributed by atoms with van der Waals surface area (Å²) in [5.41, 5.74) is 1.26. The van der Waals surface area contributed by atoms with Crippen LogP contribution in [0.5, 0.6) is 11.5 Å². The van der Waals surface area contributed by atoms with Crippen molar-refractivity contribution in [2.45, 2.75) is 6.54 Å². The molecule has 0 N–H and O–H groups in total. The topological polar surface area (TPSA) is 62.1 Å². The summed E-state index contributed by atoms with van der Waals surface area (Å²) in [6.45, 7) is 1.02. The number of hydrogen-bond acceptors (Lipinski definition) is 5. The third-order valence-electron chi connectivity index (χ3n) is 4.00. The molecule has 0 saturated heterocycles. The minimum absolute atomic E-state index is 0.371. The van der Waals surface area contributed by atoms with E-state index in [4.69, 9.17) is 25.8 Å². The van der Waals surface area contributed by atoms with Crippen LogP contribution in [0.25, 0.3) is 10.2 Å². The maximum Gasteiger partial charge on any atom is 0.279 e. The SMILES string of the molecule is COCCn1c(=NC(=O)c2ccc(OC)c(OC)c2)sc2cccc(Cl)c21. The molecule has 0 unspecified atom stereocenters. The van der Waals surface area contributed by atoms with Crippen LogP contribution in [0.2, 0.25) is 5.02 Å². The van der Waals surface area contributed by atoms with Gasteiger partial charge < -0.3 is 18.8 Å². The van der Waals surface area contributed by atoms with Crippen molar-refractivity contribution in [2.24, 2.45) is 4.99 Å². The molecule has 0 fully saturated rings. The number of carbonyl (C=O) groups is 1. The fourth-order valence-electron chi connectivity index (χ4n) is 2.68. The van der Waals surface area contributed by atoms with Crippen molar-refractivity contribution in [2.75, 3.05) is 27.9 Å². The summed E-state index contributed by atoms with van der Waals surface area (Å²) < 4.78 is 18.5. The van der Waals surface area contributed by atoms with Gasteiger partial charge in [0.05, 0.1) is 36.1 Å². The molecular formula is C19H19ClN2O4S. The van der Waals surface area contributed by atoms with Crippen molar-refractivity contribution in [3.63, 3.8) is 0 Å². The molecule has 0 bridgehead atoms. The van der Waals surface area contributed by atoms with Gasteiger partial charge in [-0.1, -0.05) is 29.0 Å². The molecule has 3 rings (SSSR count). The Labute approximate surface area is 165 Å². The monoisotopic (exact) mass is 406 g/mol. The van der Waals surface area contributed by atoms with Crippen LogP contribution in [0, 0.1) is 0 Å². The van der Waals surface area contributed by atoms with Gasteiger partial charge in [-0.15, -0.1) is 0 Å². The van der Waals surface area contributed by atoms with Gasteiger partial charge in [-0.2, -0.15) is 4.99 Å². The molecule has 0 aliphatic carbocycles. The van der Waals surface area contributed by atoms with Gasteiger partial charge in [0.2, 0.25) is 0 Å². The van der Waals surface area contributed by atoms with E-state index in [9.17, 15) is 4.79 Å². The Balaban J connectivity index is 2.09. The molecule has 0 aliphatic heterocycles. The zero-order valence-corrected chi connectivity index (χ0v) is 16.8. The third-order valence-corrected chi connectivity index (χ3v) is 5.35. The van der Waals surface area contributed by atoms with Crippen LogP contribution >= 0.6 is 22.9 Å². The average Bonchev–Trinajstić information content (AvgIpc) is 3.03. The highest BCUT2D eigenvalue weighted by molar-refractivity contribution is 7.16. The van der Waals surface area contributed by atoms with Gasteiger partial charge >= 0.3 is 0 Å². The third kappa shape index (κ3) is 4.00. The number of halogens is 1. The minimum atomic E-state index is -0.371. The summed E-state index contributed by atoms with van der Waals surface area (Å²) in [6, 6.07) is 10.6. The highest BCUT2D eigenvalue weighted by Crippen LogP contribution is 2.28. The largest absolute Gasteiger partial charge is 0.493 e. The van der Waals surface area contributed by atoms with E-state index < -0.39 is 0 Å². The van der Waals surface area contributed by atoms with E-state index in [1.807, 2.05) is 22.8 Å². The van der Waals surface area contributed by atoms with Crippen molar-refractivity contribution in [1.82, 2.24) is 4.57 Å². The van der Waals surface area contributed by atoms with E-state index in [2.05, 4.69) is 4.99 Å². The number of fused-ring (bicyclic) bond motifs is 1. The van der Waals surface area contributed by atoms with Crippen LogP contribution in [0.4, 0.5) is 0 Å². The van der Waals surface area contributed by atoms with Gasteiger partial charge in [0.1, 0.15) is 0 Å². The number of methoxy groups -OCH3 is 3. The first kappa shape index (κ1) is 19.4. The van der Waals surface area contributed by atoms with Crippen molar-refractivity contribution < 1.29 is 19.0 Å². The summed E-state index contributed by atoms with van der Waals surface area (Å²) in [4.78, 5) is 17.6. The number of aromatic nitrogens is 1. The van der Waals surface area contributed by atoms with Gasteiger partial charge in [-0.25, -0.2) is 0 Å². The summed E-state index contributed by atoms with van der Waals surface area (Å²) >= 11 is 7.78. The fourth-order valence-corrected chi connectivity index (χ4v) is 4.10. The number of nitrogens with zero attached hydrogens (tertiary/aromatic N) is 2. The van der Waals surface area contributed by atoms with E-state index in [0.717, 1.165) is 10.2 Å². The average molecular weight is 407 g/mol. The maximum absolute atomic E-state index is 12.7. The first-order chi connectivity index (χ1) is 13.1. The molecule has 8 heteroatoms. The van der Waals surface area contributed by atoms with Crippen LogP contribution in [0.15, 0.2) is 41.4 Å². The molecule has 6 nitrogen and oxygen atoms in total. The zero-order valence-electron chi connectivity index (χ0n) is 15.2. The molecule has 0 atom stereocenters. The Morgan fingerprint density at radius 3 is 2.63 bits per heavy atom. The summed E-state index contributed by atoms with van der Waals surface area (Å²) in [5, 5.41) is 0.611. The van der Waals surface area contributed by atoms with E-state index >= 15 is 0 Å². The van der Waals surface area contributed by atoms with E-state index in [1.165, 1.54) is 18.4 Å². The highest BCUT2D eigenvalue weighted by atomic mass is 35.5. The standard InChI is InChI=1S/C19H19ClN2O4S/c1-24-10-9-22-17-13(20)5-4-6-16(17)27-19(22)21-18(23)12-7-8-14(25-2)15(11-12)26-3/h4-8,11H,9-10H2,1-3H3. The molecule has 142 valence electrons. The molecule has 0 aliphatic rings. The summed E-state index contributed by atoms with van der Waals surface area (Å²) in [5.74, 6) is 0.660. The lowest BCUT2D eigenvalue weighted by Gasteiger charge is -2.08. The first-order valence-electron chi connectivity index (χ1n) is 8.17. The van der Waals surface area contributed by atoms with Crippen LogP contribution in [-0.4, -0.2) is 38.4 Å². The van der Waals surface area contributed by atoms with Crippen LogP contribution in [0.3, 0.4) is 0 Å². The molecule has 1 aromatic heterocycles. The molecule has 3 aromatic rings. The lowest BCUT2D eigenvalue weighted by Crippen LogP contribution is -2.19. The summed E-state index contributed by atoms with van der Waals surface area (Å²) in [6.07, 6.45) is 0. The van der Waals surface area contributed by atoms with E-state index in [-0.39, 0.29) is 5.91 Å². The van der Waals surface area contributed by atoms with Crippen molar-refractivity contribution >= 4 is 39.1 Å². The lowest BCUT2D eigenvalue weighted by molar-refractivity contribution is 0.0997. The highest BCUT2D eigenvalue weighted by Gasteiger charge is 2.13. The second kappa shape index (κ2) is 8.56. The number of amides is 1. The van der Waals surface area contributed by atoms with E-state index in [1.54, 1.807) is 32.4 Å². The minimum Gasteiger partial charge on any atom is -0.493 e. The Hall–Kier alpha value is -2.35. The number of para-hydroxylation sites is 1. The Morgan fingerprint density at radius 2 is 1.93 bits per heavy atom. The fraction of sp³-hybridized carbons (Fsp3) is 0.263.